The van der Waals surface area contributed by atoms with Crippen molar-refractivity contribution in [3.63, 3.8) is 0 Å². The second-order valence-corrected chi connectivity index (χ2v) is 6.40. The first-order valence-electron chi connectivity index (χ1n) is 9.22. The van der Waals surface area contributed by atoms with Crippen molar-refractivity contribution in [2.45, 2.75) is 6.54 Å². The Morgan fingerprint density at radius 1 is 1.03 bits per heavy atom. The highest BCUT2D eigenvalue weighted by Gasteiger charge is 2.05. The van der Waals surface area contributed by atoms with Crippen molar-refractivity contribution in [2.24, 2.45) is 0 Å². The summed E-state index contributed by atoms with van der Waals surface area (Å²) in [5.74, 6) is 1.19. The number of hydrogen-bond acceptors (Lipinski definition) is 6. The van der Waals surface area contributed by atoms with Crippen LogP contribution in [0.25, 0.3) is 22.2 Å². The summed E-state index contributed by atoms with van der Waals surface area (Å²) >= 11 is 0. The largest absolute Gasteiger partial charge is 0.439 e. The highest BCUT2D eigenvalue weighted by molar-refractivity contribution is 5.80. The molecule has 0 aliphatic heterocycles. The maximum atomic E-state index is 10.2. The summed E-state index contributed by atoms with van der Waals surface area (Å²) in [6.07, 6.45) is 5.98. The number of carbonyl (C=O) groups is 1. The molecule has 8 nitrogen and oxygen atoms in total. The molecule has 3 heterocycles. The second-order valence-electron chi connectivity index (χ2n) is 6.40. The van der Waals surface area contributed by atoms with Gasteiger partial charge in [0, 0.05) is 61.3 Å². The lowest BCUT2D eigenvalue weighted by atomic mass is 10.1. The summed E-state index contributed by atoms with van der Waals surface area (Å²) in [6, 6.07) is 13.5. The van der Waals surface area contributed by atoms with Crippen LogP contribution in [0.1, 0.15) is 5.56 Å². The van der Waals surface area contributed by atoms with E-state index in [-0.39, 0.29) is 0 Å². The molecule has 0 bridgehead atoms. The molecule has 0 atom stereocenters. The van der Waals surface area contributed by atoms with Crippen LogP contribution in [0.2, 0.25) is 0 Å². The fraction of sp³-hybridized carbons (Fsp3) is 0.143. The number of amides is 1. The molecule has 0 spiro atoms. The molecule has 0 saturated heterocycles. The van der Waals surface area contributed by atoms with Gasteiger partial charge in [0.25, 0.3) is 0 Å². The third kappa shape index (κ3) is 4.74. The van der Waals surface area contributed by atoms with Gasteiger partial charge >= 0.3 is 0 Å². The molecule has 0 unspecified atom stereocenters. The normalized spacial score (nSPS) is 10.8. The number of rotatable bonds is 9. The zero-order valence-corrected chi connectivity index (χ0v) is 15.6. The van der Waals surface area contributed by atoms with Gasteiger partial charge in [-0.15, -0.1) is 0 Å². The van der Waals surface area contributed by atoms with E-state index >= 15 is 0 Å². The number of fused-ring (bicyclic) bond motifs is 1. The molecular weight excluding hydrogens is 368 g/mol. The topological polar surface area (TPSA) is 105 Å². The van der Waals surface area contributed by atoms with Gasteiger partial charge in [0.05, 0.1) is 11.2 Å². The molecule has 0 saturated carbocycles. The zero-order chi connectivity index (χ0) is 19.9. The molecule has 0 aliphatic rings. The third-order valence-electron chi connectivity index (χ3n) is 4.34. The zero-order valence-electron chi connectivity index (χ0n) is 15.6. The Kier molecular flexibility index (Phi) is 5.73. The van der Waals surface area contributed by atoms with Crippen LogP contribution in [0.4, 0.5) is 0 Å². The van der Waals surface area contributed by atoms with Gasteiger partial charge < -0.3 is 15.4 Å². The van der Waals surface area contributed by atoms with Gasteiger partial charge in [-0.05, 0) is 35.9 Å². The molecular formula is C21H20N6O2. The first kappa shape index (κ1) is 18.6. The summed E-state index contributed by atoms with van der Waals surface area (Å²) in [5, 5.41) is 13.8. The average molecular weight is 388 g/mol. The number of benzene rings is 1. The van der Waals surface area contributed by atoms with Crippen LogP contribution in [0.15, 0.2) is 61.1 Å². The quantitative estimate of drug-likeness (QED) is 0.301. The predicted octanol–water partition coefficient (Wildman–Crippen LogP) is 2.65. The van der Waals surface area contributed by atoms with E-state index in [9.17, 15) is 4.79 Å². The number of nitrogens with zero attached hydrogens (tertiary/aromatic N) is 3. The summed E-state index contributed by atoms with van der Waals surface area (Å²) in [4.78, 5) is 19.1. The van der Waals surface area contributed by atoms with E-state index in [1.54, 1.807) is 12.4 Å². The van der Waals surface area contributed by atoms with Crippen molar-refractivity contribution in [3.05, 3.63) is 66.6 Å². The number of hydrogen-bond donors (Lipinski definition) is 3. The SMILES string of the molecule is O=CNCCNCc1cnc2cc(Oc3ccc(-c4ccn[nH]4)cn3)ccc2c1. The lowest BCUT2D eigenvalue weighted by Gasteiger charge is -2.08. The van der Waals surface area contributed by atoms with Gasteiger partial charge in [-0.1, -0.05) is 0 Å². The van der Waals surface area contributed by atoms with Gasteiger partial charge in [0.15, 0.2) is 0 Å². The Morgan fingerprint density at radius 3 is 2.79 bits per heavy atom. The van der Waals surface area contributed by atoms with Crippen molar-refractivity contribution in [2.75, 3.05) is 13.1 Å². The number of H-pyrrole nitrogens is 1. The van der Waals surface area contributed by atoms with E-state index in [1.165, 1.54) is 0 Å². The highest BCUT2D eigenvalue weighted by Crippen LogP contribution is 2.25. The lowest BCUT2D eigenvalue weighted by Crippen LogP contribution is -2.26. The van der Waals surface area contributed by atoms with E-state index < -0.39 is 0 Å². The fourth-order valence-corrected chi connectivity index (χ4v) is 2.90. The maximum Gasteiger partial charge on any atom is 0.219 e. The highest BCUT2D eigenvalue weighted by atomic mass is 16.5. The summed E-state index contributed by atoms with van der Waals surface area (Å²) in [7, 11) is 0. The smallest absolute Gasteiger partial charge is 0.219 e. The van der Waals surface area contributed by atoms with E-state index in [1.807, 2.05) is 42.6 Å². The Bertz CT molecular complexity index is 1080. The van der Waals surface area contributed by atoms with Gasteiger partial charge in [-0.25, -0.2) is 4.98 Å². The van der Waals surface area contributed by atoms with Crippen molar-refractivity contribution in [1.82, 2.24) is 30.8 Å². The van der Waals surface area contributed by atoms with Crippen LogP contribution in [0.5, 0.6) is 11.6 Å². The summed E-state index contributed by atoms with van der Waals surface area (Å²) in [5.41, 5.74) is 3.78. The Morgan fingerprint density at radius 2 is 2.00 bits per heavy atom. The molecule has 29 heavy (non-hydrogen) atoms. The van der Waals surface area contributed by atoms with Crippen molar-refractivity contribution in [3.8, 4) is 22.9 Å². The number of carbonyl (C=O) groups excluding carboxylic acids is 1. The molecule has 4 aromatic rings. The predicted molar refractivity (Wildman–Crippen MR) is 109 cm³/mol. The molecule has 0 radical (unpaired) electrons. The third-order valence-corrected chi connectivity index (χ3v) is 4.34. The molecule has 8 heteroatoms. The van der Waals surface area contributed by atoms with Gasteiger partial charge in [-0.3, -0.25) is 14.9 Å². The Balaban J connectivity index is 1.41. The van der Waals surface area contributed by atoms with Crippen molar-refractivity contribution < 1.29 is 9.53 Å². The number of aromatic amines is 1. The van der Waals surface area contributed by atoms with E-state index in [2.05, 4.69) is 36.9 Å². The average Bonchev–Trinajstić information content (AvgIpc) is 3.29. The first-order valence-corrected chi connectivity index (χ1v) is 9.22. The van der Waals surface area contributed by atoms with Crippen molar-refractivity contribution >= 4 is 17.3 Å². The minimum Gasteiger partial charge on any atom is -0.439 e. The second kappa shape index (κ2) is 8.94. The molecule has 0 fully saturated rings. The molecule has 3 aromatic heterocycles. The lowest BCUT2D eigenvalue weighted by molar-refractivity contribution is -0.109. The van der Waals surface area contributed by atoms with Gasteiger partial charge in [-0.2, -0.15) is 5.10 Å². The maximum absolute atomic E-state index is 10.2. The van der Waals surface area contributed by atoms with E-state index in [4.69, 9.17) is 4.74 Å². The number of nitrogens with one attached hydrogen (secondary N) is 3. The van der Waals surface area contributed by atoms with Crippen LogP contribution in [-0.4, -0.2) is 39.7 Å². The minimum absolute atomic E-state index is 0.511. The summed E-state index contributed by atoms with van der Waals surface area (Å²) in [6.45, 7) is 1.99. The van der Waals surface area contributed by atoms with Crippen LogP contribution in [0.3, 0.4) is 0 Å². The molecule has 0 aliphatic carbocycles. The Labute approximate surface area is 167 Å². The molecule has 4 rings (SSSR count). The number of aromatic nitrogens is 4. The monoisotopic (exact) mass is 388 g/mol. The molecule has 1 aromatic carbocycles. The van der Waals surface area contributed by atoms with Gasteiger partial charge in [0.1, 0.15) is 5.75 Å². The van der Waals surface area contributed by atoms with Crippen LogP contribution < -0.4 is 15.4 Å². The number of pyridine rings is 2. The van der Waals surface area contributed by atoms with Crippen LogP contribution in [-0.2, 0) is 11.3 Å². The van der Waals surface area contributed by atoms with Gasteiger partial charge in [0.2, 0.25) is 12.3 Å². The summed E-state index contributed by atoms with van der Waals surface area (Å²) < 4.78 is 5.87. The van der Waals surface area contributed by atoms with Crippen LogP contribution in [0, 0.1) is 0 Å². The first-order chi connectivity index (χ1) is 14.3. The van der Waals surface area contributed by atoms with Crippen LogP contribution >= 0.6 is 0 Å². The minimum atomic E-state index is 0.511. The molecule has 1 amide bonds. The van der Waals surface area contributed by atoms with E-state index in [0.29, 0.717) is 37.7 Å². The molecule has 146 valence electrons. The van der Waals surface area contributed by atoms with E-state index in [0.717, 1.165) is 27.7 Å². The Hall–Kier alpha value is -3.78. The molecule has 3 N–H and O–H groups in total. The number of ether oxygens (including phenoxy) is 1. The standard InChI is InChI=1S/C21H20N6O2/c28-14-23-8-7-22-11-15-9-16-1-3-18(10-20(16)24-12-15)29-21-4-2-17(13-25-21)19-5-6-26-27-19/h1-6,9-10,12-14,22H,7-8,11H2,(H,23,28)(H,26,27). The fourth-order valence-electron chi connectivity index (χ4n) is 2.90. The van der Waals surface area contributed by atoms with Crippen molar-refractivity contribution in [1.29, 1.82) is 0 Å².